The van der Waals surface area contributed by atoms with Crippen LogP contribution in [0.25, 0.3) is 0 Å². The van der Waals surface area contributed by atoms with Gasteiger partial charge in [-0.1, -0.05) is 6.92 Å². The Bertz CT molecular complexity index is 780. The molecule has 25 heavy (non-hydrogen) atoms. The molecule has 4 heteroatoms. The van der Waals surface area contributed by atoms with Crippen LogP contribution in [0.5, 0.6) is 11.5 Å². The summed E-state index contributed by atoms with van der Waals surface area (Å²) in [6, 6.07) is 4.84. The summed E-state index contributed by atoms with van der Waals surface area (Å²) in [4.78, 5) is 2.66. The topological polar surface area (TPSA) is 30.9 Å². The molecule has 1 aliphatic carbocycles. The van der Waals surface area contributed by atoms with Crippen LogP contribution in [-0.4, -0.2) is 31.9 Å². The lowest BCUT2D eigenvalue weighted by molar-refractivity contribution is 0.168. The van der Waals surface area contributed by atoms with E-state index in [0.29, 0.717) is 18.8 Å². The van der Waals surface area contributed by atoms with Crippen LogP contribution in [0.4, 0.5) is 0 Å². The van der Waals surface area contributed by atoms with Gasteiger partial charge in [-0.15, -0.1) is 0 Å². The average molecular weight is 339 g/mol. The quantitative estimate of drug-likeness (QED) is 0.816. The van der Waals surface area contributed by atoms with Gasteiger partial charge >= 0.3 is 0 Å². The van der Waals surface area contributed by atoms with Crippen LogP contribution in [0.2, 0.25) is 0 Å². The molecule has 0 radical (unpaired) electrons. The number of fused-ring (bicyclic) bond motifs is 4. The van der Waals surface area contributed by atoms with E-state index in [1.807, 2.05) is 7.11 Å². The second kappa shape index (κ2) is 5.80. The van der Waals surface area contributed by atoms with Crippen molar-refractivity contribution < 1.29 is 14.2 Å². The standard InChI is InChI=1S/C21H25NO3/c1-3-13-4-5-19(23-2)16-9-18-15-10-21-20(24-12-25-21)8-14(15)6-7-22(18)11-17(13)16/h5,8,10,13,18H,3-4,6-7,9,11-12H2,1-2H3. The van der Waals surface area contributed by atoms with E-state index in [1.165, 1.54) is 23.1 Å². The molecule has 1 aromatic rings. The van der Waals surface area contributed by atoms with E-state index >= 15 is 0 Å². The van der Waals surface area contributed by atoms with Gasteiger partial charge in [-0.05, 0) is 72.1 Å². The molecule has 4 aliphatic rings. The van der Waals surface area contributed by atoms with Gasteiger partial charge in [-0.3, -0.25) is 4.90 Å². The molecule has 0 spiro atoms. The van der Waals surface area contributed by atoms with Crippen LogP contribution in [0, 0.1) is 5.92 Å². The molecular weight excluding hydrogens is 314 g/mol. The van der Waals surface area contributed by atoms with Crippen LogP contribution in [0.15, 0.2) is 35.1 Å². The molecule has 1 aromatic carbocycles. The first kappa shape index (κ1) is 15.3. The Hall–Kier alpha value is -1.94. The Morgan fingerprint density at radius 2 is 2.08 bits per heavy atom. The first-order valence-corrected chi connectivity index (χ1v) is 9.41. The Morgan fingerprint density at radius 1 is 1.24 bits per heavy atom. The summed E-state index contributed by atoms with van der Waals surface area (Å²) < 4.78 is 16.9. The van der Waals surface area contributed by atoms with Crippen molar-refractivity contribution in [2.24, 2.45) is 5.92 Å². The molecule has 0 fully saturated rings. The average Bonchev–Trinajstić information content (AvgIpc) is 3.11. The molecule has 0 amide bonds. The Labute approximate surface area is 149 Å². The summed E-state index contributed by atoms with van der Waals surface area (Å²) in [6.07, 6.45) is 6.76. The third-order valence-corrected chi connectivity index (χ3v) is 6.35. The third-order valence-electron chi connectivity index (χ3n) is 6.35. The third kappa shape index (κ3) is 2.30. The Kier molecular flexibility index (Phi) is 3.56. The predicted octanol–water partition coefficient (Wildman–Crippen LogP) is 3.98. The van der Waals surface area contributed by atoms with Crippen molar-refractivity contribution in [3.8, 4) is 11.5 Å². The number of rotatable bonds is 2. The van der Waals surface area contributed by atoms with E-state index in [-0.39, 0.29) is 0 Å². The van der Waals surface area contributed by atoms with E-state index in [0.717, 1.165) is 49.6 Å². The van der Waals surface area contributed by atoms with Crippen LogP contribution >= 0.6 is 0 Å². The summed E-state index contributed by atoms with van der Waals surface area (Å²) in [5, 5.41) is 0. The Balaban J connectivity index is 1.55. The Morgan fingerprint density at radius 3 is 2.88 bits per heavy atom. The van der Waals surface area contributed by atoms with Gasteiger partial charge in [0.1, 0.15) is 5.76 Å². The van der Waals surface area contributed by atoms with Crippen molar-refractivity contribution in [1.82, 2.24) is 4.90 Å². The van der Waals surface area contributed by atoms with Gasteiger partial charge in [0.15, 0.2) is 11.5 Å². The van der Waals surface area contributed by atoms with E-state index in [4.69, 9.17) is 14.2 Å². The highest BCUT2D eigenvalue weighted by Crippen LogP contribution is 2.48. The molecule has 0 aromatic heterocycles. The van der Waals surface area contributed by atoms with Gasteiger partial charge in [0, 0.05) is 19.1 Å². The van der Waals surface area contributed by atoms with E-state index in [9.17, 15) is 0 Å². The zero-order chi connectivity index (χ0) is 17.0. The number of methoxy groups -OCH3 is 1. The lowest BCUT2D eigenvalue weighted by Gasteiger charge is -2.45. The van der Waals surface area contributed by atoms with Crippen molar-refractivity contribution in [2.45, 2.75) is 38.6 Å². The molecule has 3 aliphatic heterocycles. The molecule has 3 heterocycles. The minimum atomic E-state index is 0.344. The predicted molar refractivity (Wildman–Crippen MR) is 95.7 cm³/mol. The number of hydrogen-bond acceptors (Lipinski definition) is 4. The zero-order valence-electron chi connectivity index (χ0n) is 15.0. The van der Waals surface area contributed by atoms with Crippen LogP contribution in [0.1, 0.15) is 43.4 Å². The van der Waals surface area contributed by atoms with Crippen molar-refractivity contribution >= 4 is 0 Å². The monoisotopic (exact) mass is 339 g/mol. The summed E-state index contributed by atoms with van der Waals surface area (Å²) in [7, 11) is 1.81. The highest BCUT2D eigenvalue weighted by atomic mass is 16.7. The largest absolute Gasteiger partial charge is 0.497 e. The second-order valence-corrected chi connectivity index (χ2v) is 7.46. The molecule has 132 valence electrons. The van der Waals surface area contributed by atoms with Crippen LogP contribution in [0.3, 0.4) is 0 Å². The maximum Gasteiger partial charge on any atom is 0.231 e. The van der Waals surface area contributed by atoms with Gasteiger partial charge < -0.3 is 14.2 Å². The molecule has 2 unspecified atom stereocenters. The molecule has 0 saturated heterocycles. The number of hydrogen-bond donors (Lipinski definition) is 0. The number of allylic oxidation sites excluding steroid dienone is 2. The van der Waals surface area contributed by atoms with Gasteiger partial charge in [0.2, 0.25) is 6.79 Å². The van der Waals surface area contributed by atoms with Gasteiger partial charge in [0.25, 0.3) is 0 Å². The number of ether oxygens (including phenoxy) is 3. The van der Waals surface area contributed by atoms with Crippen molar-refractivity contribution in [2.75, 3.05) is 27.0 Å². The maximum atomic E-state index is 5.74. The highest BCUT2D eigenvalue weighted by Gasteiger charge is 2.38. The number of nitrogens with zero attached hydrogens (tertiary/aromatic N) is 1. The zero-order valence-corrected chi connectivity index (χ0v) is 15.0. The fourth-order valence-electron chi connectivity index (χ4n) is 4.98. The molecule has 4 nitrogen and oxygen atoms in total. The molecule has 0 bridgehead atoms. The first-order chi connectivity index (χ1) is 12.3. The summed E-state index contributed by atoms with van der Waals surface area (Å²) in [5.41, 5.74) is 5.89. The molecule has 2 atom stereocenters. The van der Waals surface area contributed by atoms with Gasteiger partial charge in [0.05, 0.1) is 7.11 Å². The lowest BCUT2D eigenvalue weighted by atomic mass is 9.76. The van der Waals surface area contributed by atoms with E-state index < -0.39 is 0 Å². The van der Waals surface area contributed by atoms with Crippen molar-refractivity contribution in [3.05, 3.63) is 46.2 Å². The molecular formula is C21H25NO3. The SMILES string of the molecule is CCC1CC=C(OC)C2=C1CN1CCc3cc4c(cc3C1C2)OCO4. The van der Waals surface area contributed by atoms with Crippen molar-refractivity contribution in [1.29, 1.82) is 0 Å². The lowest BCUT2D eigenvalue weighted by Crippen LogP contribution is -2.42. The minimum Gasteiger partial charge on any atom is -0.497 e. The molecule has 0 N–H and O–H groups in total. The maximum absolute atomic E-state index is 5.74. The van der Waals surface area contributed by atoms with Crippen LogP contribution < -0.4 is 9.47 Å². The first-order valence-electron chi connectivity index (χ1n) is 9.41. The fourth-order valence-corrected chi connectivity index (χ4v) is 4.98. The number of benzene rings is 1. The van der Waals surface area contributed by atoms with Gasteiger partial charge in [-0.25, -0.2) is 0 Å². The van der Waals surface area contributed by atoms with Gasteiger partial charge in [-0.2, -0.15) is 0 Å². The van der Waals surface area contributed by atoms with Crippen molar-refractivity contribution in [3.63, 3.8) is 0 Å². The minimum absolute atomic E-state index is 0.344. The molecule has 5 rings (SSSR count). The molecule has 0 saturated carbocycles. The second-order valence-electron chi connectivity index (χ2n) is 7.46. The van der Waals surface area contributed by atoms with Crippen LogP contribution in [-0.2, 0) is 11.2 Å². The highest BCUT2D eigenvalue weighted by molar-refractivity contribution is 5.52. The summed E-state index contributed by atoms with van der Waals surface area (Å²) >= 11 is 0. The van der Waals surface area contributed by atoms with E-state index in [1.54, 1.807) is 5.57 Å². The fraction of sp³-hybridized carbons (Fsp3) is 0.524. The normalized spacial score (nSPS) is 27.4. The smallest absolute Gasteiger partial charge is 0.231 e. The summed E-state index contributed by atoms with van der Waals surface area (Å²) in [6.45, 7) is 4.85. The van der Waals surface area contributed by atoms with E-state index in [2.05, 4.69) is 30.0 Å². The summed E-state index contributed by atoms with van der Waals surface area (Å²) in [5.74, 6) is 3.59.